The van der Waals surface area contributed by atoms with Crippen molar-refractivity contribution in [2.45, 2.75) is 13.5 Å². The van der Waals surface area contributed by atoms with E-state index in [1.54, 1.807) is 6.26 Å². The smallest absolute Gasteiger partial charge is 0.105 e. The van der Waals surface area contributed by atoms with Crippen molar-refractivity contribution in [1.82, 2.24) is 4.90 Å². The molecule has 0 radical (unpaired) electrons. The van der Waals surface area contributed by atoms with E-state index in [1.165, 1.54) is 5.56 Å². The van der Waals surface area contributed by atoms with E-state index in [9.17, 15) is 0 Å². The van der Waals surface area contributed by atoms with Crippen LogP contribution < -0.4 is 0 Å². The number of ether oxygens (including phenoxy) is 1. The number of nitrogens with zero attached hydrogens (tertiary/aromatic N) is 1. The van der Waals surface area contributed by atoms with E-state index < -0.39 is 0 Å². The van der Waals surface area contributed by atoms with E-state index in [-0.39, 0.29) is 6.61 Å². The minimum atomic E-state index is 0.0879. The number of hydrogen-bond acceptors (Lipinski definition) is 4. The zero-order valence-corrected chi connectivity index (χ0v) is 9.40. The molecule has 0 atom stereocenters. The first kappa shape index (κ1) is 12.2. The summed E-state index contributed by atoms with van der Waals surface area (Å²) in [7, 11) is 2.04. The first-order valence-corrected chi connectivity index (χ1v) is 5.14. The van der Waals surface area contributed by atoms with E-state index in [1.807, 2.05) is 20.0 Å². The van der Waals surface area contributed by atoms with Crippen LogP contribution in [0.3, 0.4) is 0 Å². The highest BCUT2D eigenvalue weighted by Gasteiger charge is 2.04. The lowest BCUT2D eigenvalue weighted by Gasteiger charge is -2.15. The Hall–Kier alpha value is -0.840. The van der Waals surface area contributed by atoms with Gasteiger partial charge in [0.15, 0.2) is 0 Å². The molecule has 0 aliphatic heterocycles. The molecule has 0 saturated heterocycles. The van der Waals surface area contributed by atoms with Crippen molar-refractivity contribution in [3.8, 4) is 0 Å². The van der Waals surface area contributed by atoms with Crippen LogP contribution in [0.2, 0.25) is 0 Å². The molecule has 0 bridgehead atoms. The van der Waals surface area contributed by atoms with Gasteiger partial charge in [-0.05, 0) is 20.0 Å². The molecule has 0 amide bonds. The molecule has 1 aromatic rings. The fourth-order valence-electron chi connectivity index (χ4n) is 1.33. The van der Waals surface area contributed by atoms with E-state index in [0.29, 0.717) is 13.2 Å². The van der Waals surface area contributed by atoms with Crippen LogP contribution in [0, 0.1) is 6.92 Å². The van der Waals surface area contributed by atoms with E-state index in [2.05, 4.69) is 4.90 Å². The van der Waals surface area contributed by atoms with E-state index in [0.717, 1.165) is 18.8 Å². The molecule has 0 aromatic carbocycles. The summed E-state index contributed by atoms with van der Waals surface area (Å²) in [4.78, 5) is 2.16. The molecule has 86 valence electrons. The second-order valence-electron chi connectivity index (χ2n) is 3.58. The Bertz CT molecular complexity index is 273. The second-order valence-corrected chi connectivity index (χ2v) is 3.58. The Morgan fingerprint density at radius 3 is 2.87 bits per heavy atom. The second kappa shape index (κ2) is 6.61. The highest BCUT2D eigenvalue weighted by atomic mass is 16.5. The lowest BCUT2D eigenvalue weighted by molar-refractivity contribution is 0.0772. The molecular formula is C11H19NO3. The van der Waals surface area contributed by atoms with Gasteiger partial charge in [0.1, 0.15) is 5.76 Å². The molecule has 1 heterocycles. The van der Waals surface area contributed by atoms with Crippen LogP contribution in [0.25, 0.3) is 0 Å². The van der Waals surface area contributed by atoms with Crippen molar-refractivity contribution in [3.05, 3.63) is 23.7 Å². The van der Waals surface area contributed by atoms with Crippen LogP contribution in [0.1, 0.15) is 11.3 Å². The molecule has 0 spiro atoms. The van der Waals surface area contributed by atoms with Crippen molar-refractivity contribution >= 4 is 0 Å². The van der Waals surface area contributed by atoms with Gasteiger partial charge in [-0.2, -0.15) is 0 Å². The molecular weight excluding hydrogens is 194 g/mol. The number of likely N-dealkylation sites (N-methyl/N-ethyl adjacent to an activating group) is 1. The molecule has 4 heteroatoms. The van der Waals surface area contributed by atoms with Gasteiger partial charge in [0.2, 0.25) is 0 Å². The monoisotopic (exact) mass is 213 g/mol. The molecule has 0 saturated carbocycles. The molecule has 1 aromatic heterocycles. The molecule has 0 aliphatic rings. The highest BCUT2D eigenvalue weighted by Crippen LogP contribution is 2.10. The van der Waals surface area contributed by atoms with Crippen molar-refractivity contribution in [1.29, 1.82) is 0 Å². The molecule has 1 rings (SSSR count). The minimum absolute atomic E-state index is 0.0879. The number of rotatable bonds is 7. The third-order valence-electron chi connectivity index (χ3n) is 2.26. The number of hydrogen-bond donors (Lipinski definition) is 1. The largest absolute Gasteiger partial charge is 0.469 e. The fraction of sp³-hybridized carbons (Fsp3) is 0.636. The molecule has 4 nitrogen and oxygen atoms in total. The van der Waals surface area contributed by atoms with Crippen LogP contribution in [0.5, 0.6) is 0 Å². The third kappa shape index (κ3) is 4.46. The number of aryl methyl sites for hydroxylation is 1. The number of aliphatic hydroxyl groups is 1. The zero-order valence-electron chi connectivity index (χ0n) is 9.40. The van der Waals surface area contributed by atoms with Gasteiger partial charge in [-0.1, -0.05) is 0 Å². The van der Waals surface area contributed by atoms with Crippen molar-refractivity contribution in [2.24, 2.45) is 0 Å². The summed E-state index contributed by atoms with van der Waals surface area (Å²) in [5.74, 6) is 0.970. The zero-order chi connectivity index (χ0) is 11.1. The molecule has 0 aliphatic carbocycles. The number of furan rings is 1. The number of aliphatic hydroxyl groups excluding tert-OH is 1. The Balaban J connectivity index is 2.18. The van der Waals surface area contributed by atoms with Crippen LogP contribution in [0.4, 0.5) is 0 Å². The standard InChI is InChI=1S/C11H19NO3/c1-10-11(3-6-15-10)9-12(2)4-7-14-8-5-13/h3,6,13H,4-5,7-9H2,1-2H3. The Labute approximate surface area is 90.4 Å². The van der Waals surface area contributed by atoms with Crippen LogP contribution in [-0.4, -0.2) is 43.4 Å². The third-order valence-corrected chi connectivity index (χ3v) is 2.26. The van der Waals surface area contributed by atoms with Crippen molar-refractivity contribution in [3.63, 3.8) is 0 Å². The maximum atomic E-state index is 8.52. The van der Waals surface area contributed by atoms with Gasteiger partial charge in [0, 0.05) is 18.7 Å². The van der Waals surface area contributed by atoms with Gasteiger partial charge in [-0.3, -0.25) is 4.90 Å². The van der Waals surface area contributed by atoms with Gasteiger partial charge in [0.05, 0.1) is 26.1 Å². The molecule has 1 N–H and O–H groups in total. The molecule has 0 fully saturated rings. The van der Waals surface area contributed by atoms with E-state index >= 15 is 0 Å². The van der Waals surface area contributed by atoms with Crippen molar-refractivity contribution in [2.75, 3.05) is 33.4 Å². The molecule has 0 unspecified atom stereocenters. The molecule has 15 heavy (non-hydrogen) atoms. The van der Waals surface area contributed by atoms with Gasteiger partial charge < -0.3 is 14.3 Å². The average Bonchev–Trinajstić information content (AvgIpc) is 2.59. The quantitative estimate of drug-likeness (QED) is 0.687. The lowest BCUT2D eigenvalue weighted by Crippen LogP contribution is -2.23. The summed E-state index contributed by atoms with van der Waals surface area (Å²) >= 11 is 0. The lowest BCUT2D eigenvalue weighted by atomic mass is 10.2. The van der Waals surface area contributed by atoms with Gasteiger partial charge in [-0.25, -0.2) is 0 Å². The summed E-state index contributed by atoms with van der Waals surface area (Å²) in [6.45, 7) is 4.83. The predicted molar refractivity (Wildman–Crippen MR) is 57.7 cm³/mol. The van der Waals surface area contributed by atoms with Gasteiger partial charge in [0.25, 0.3) is 0 Å². The fourth-order valence-corrected chi connectivity index (χ4v) is 1.33. The maximum absolute atomic E-state index is 8.52. The summed E-state index contributed by atoms with van der Waals surface area (Å²) in [6, 6.07) is 1.99. The van der Waals surface area contributed by atoms with Crippen molar-refractivity contribution < 1.29 is 14.3 Å². The first-order valence-electron chi connectivity index (χ1n) is 5.14. The predicted octanol–water partition coefficient (Wildman–Crippen LogP) is 1.03. The topological polar surface area (TPSA) is 45.8 Å². The van der Waals surface area contributed by atoms with Crippen LogP contribution in [0.15, 0.2) is 16.7 Å². The summed E-state index contributed by atoms with van der Waals surface area (Å²) in [6.07, 6.45) is 1.71. The maximum Gasteiger partial charge on any atom is 0.105 e. The Kier molecular flexibility index (Phi) is 5.39. The SMILES string of the molecule is Cc1occc1CN(C)CCOCCO. The van der Waals surface area contributed by atoms with Crippen LogP contribution in [-0.2, 0) is 11.3 Å². The average molecular weight is 213 g/mol. The Morgan fingerprint density at radius 1 is 1.47 bits per heavy atom. The van der Waals surface area contributed by atoms with Gasteiger partial charge in [-0.15, -0.1) is 0 Å². The summed E-state index contributed by atoms with van der Waals surface area (Å²) in [5.41, 5.74) is 1.21. The van der Waals surface area contributed by atoms with Gasteiger partial charge >= 0.3 is 0 Å². The minimum Gasteiger partial charge on any atom is -0.469 e. The first-order chi connectivity index (χ1) is 7.24. The highest BCUT2D eigenvalue weighted by molar-refractivity contribution is 5.14. The van der Waals surface area contributed by atoms with E-state index in [4.69, 9.17) is 14.3 Å². The normalized spacial score (nSPS) is 11.2. The summed E-state index contributed by atoms with van der Waals surface area (Å²) < 4.78 is 10.4. The Morgan fingerprint density at radius 2 is 2.27 bits per heavy atom. The van der Waals surface area contributed by atoms with Crippen LogP contribution >= 0.6 is 0 Å². The summed E-state index contributed by atoms with van der Waals surface area (Å²) in [5, 5.41) is 8.52.